The Morgan fingerprint density at radius 3 is 2.33 bits per heavy atom. The van der Waals surface area contributed by atoms with E-state index in [0.29, 0.717) is 0 Å². The van der Waals surface area contributed by atoms with Crippen molar-refractivity contribution in [2.45, 2.75) is 33.1 Å². The van der Waals surface area contributed by atoms with Gasteiger partial charge in [-0.15, -0.1) is 0 Å². The number of rotatable bonds is 3. The predicted octanol–water partition coefficient (Wildman–Crippen LogP) is 2.58. The van der Waals surface area contributed by atoms with Crippen LogP contribution in [-0.4, -0.2) is 18.8 Å². The minimum atomic E-state index is -0.262. The van der Waals surface area contributed by atoms with Gasteiger partial charge in [0.25, 0.3) is 0 Å². The highest BCUT2D eigenvalue weighted by atomic mass is 16.5. The van der Waals surface area contributed by atoms with Crippen molar-refractivity contribution in [1.29, 1.82) is 0 Å². The lowest BCUT2D eigenvalue weighted by atomic mass is 9.81. The zero-order valence-corrected chi connectivity index (χ0v) is 10.2. The van der Waals surface area contributed by atoms with Crippen molar-refractivity contribution < 1.29 is 9.84 Å². The maximum atomic E-state index is 9.43. The number of aliphatic hydroxyl groups is 1. The second kappa shape index (κ2) is 4.23. The maximum Gasteiger partial charge on any atom is 0.122 e. The predicted molar refractivity (Wildman–Crippen MR) is 62.6 cm³/mol. The van der Waals surface area contributed by atoms with E-state index < -0.39 is 0 Å². The van der Waals surface area contributed by atoms with Gasteiger partial charge in [-0.25, -0.2) is 0 Å². The van der Waals surface area contributed by atoms with Crippen LogP contribution in [0.5, 0.6) is 5.75 Å². The summed E-state index contributed by atoms with van der Waals surface area (Å²) in [6, 6.07) is 4.01. The highest BCUT2D eigenvalue weighted by Crippen LogP contribution is 2.35. The van der Waals surface area contributed by atoms with E-state index in [9.17, 15) is 5.11 Å². The Morgan fingerprint density at radius 1 is 1.27 bits per heavy atom. The van der Waals surface area contributed by atoms with Crippen LogP contribution in [0.3, 0.4) is 0 Å². The average Bonchev–Trinajstić information content (AvgIpc) is 2.21. The molecule has 0 saturated carbocycles. The first-order chi connectivity index (χ1) is 6.94. The first-order valence-electron chi connectivity index (χ1n) is 5.19. The largest absolute Gasteiger partial charge is 0.496 e. The summed E-state index contributed by atoms with van der Waals surface area (Å²) in [6.07, 6.45) is 0. The summed E-state index contributed by atoms with van der Waals surface area (Å²) in [6.45, 7) is 8.32. The van der Waals surface area contributed by atoms with Gasteiger partial charge in [-0.2, -0.15) is 0 Å². The van der Waals surface area contributed by atoms with Crippen molar-refractivity contribution >= 4 is 0 Å². The molecule has 0 unspecified atom stereocenters. The first-order valence-corrected chi connectivity index (χ1v) is 5.19. The van der Waals surface area contributed by atoms with Crippen LogP contribution in [0.1, 0.15) is 30.5 Å². The van der Waals surface area contributed by atoms with Gasteiger partial charge in [-0.05, 0) is 31.0 Å². The zero-order valence-electron chi connectivity index (χ0n) is 10.2. The van der Waals surface area contributed by atoms with Gasteiger partial charge in [0.05, 0.1) is 13.7 Å². The van der Waals surface area contributed by atoms with Crippen molar-refractivity contribution in [3.63, 3.8) is 0 Å². The van der Waals surface area contributed by atoms with Gasteiger partial charge in [0.2, 0.25) is 0 Å². The normalized spacial score (nSPS) is 11.6. The van der Waals surface area contributed by atoms with Gasteiger partial charge in [0.15, 0.2) is 0 Å². The van der Waals surface area contributed by atoms with Gasteiger partial charge in [0, 0.05) is 11.0 Å². The van der Waals surface area contributed by atoms with Crippen LogP contribution in [0.4, 0.5) is 0 Å². The SMILES string of the molecule is COc1ccc(C)c(C)c1C(C)(C)CO. The van der Waals surface area contributed by atoms with Gasteiger partial charge in [-0.3, -0.25) is 0 Å². The summed E-state index contributed by atoms with van der Waals surface area (Å²) in [5.74, 6) is 0.858. The molecule has 0 fully saturated rings. The molecule has 1 N–H and O–H groups in total. The Kier molecular flexibility index (Phi) is 3.40. The third-order valence-electron chi connectivity index (χ3n) is 2.99. The topological polar surface area (TPSA) is 29.5 Å². The lowest BCUT2D eigenvalue weighted by Gasteiger charge is -2.27. The van der Waals surface area contributed by atoms with Crippen LogP contribution in [-0.2, 0) is 5.41 Å². The Bertz CT molecular complexity index is 354. The summed E-state index contributed by atoms with van der Waals surface area (Å²) in [5.41, 5.74) is 3.27. The minimum absolute atomic E-state index is 0.119. The summed E-state index contributed by atoms with van der Waals surface area (Å²) in [7, 11) is 1.67. The molecule has 0 aliphatic rings. The molecule has 0 spiro atoms. The van der Waals surface area contributed by atoms with Crippen LogP contribution >= 0.6 is 0 Å². The Labute approximate surface area is 91.9 Å². The van der Waals surface area contributed by atoms with E-state index >= 15 is 0 Å². The average molecular weight is 208 g/mol. The zero-order chi connectivity index (χ0) is 11.6. The molecular weight excluding hydrogens is 188 g/mol. The van der Waals surface area contributed by atoms with Crippen molar-refractivity contribution in [1.82, 2.24) is 0 Å². The van der Waals surface area contributed by atoms with Crippen molar-refractivity contribution in [2.75, 3.05) is 13.7 Å². The number of benzene rings is 1. The molecule has 84 valence electrons. The van der Waals surface area contributed by atoms with E-state index in [1.54, 1.807) is 7.11 Å². The van der Waals surface area contributed by atoms with Gasteiger partial charge < -0.3 is 9.84 Å². The van der Waals surface area contributed by atoms with E-state index in [1.807, 2.05) is 26.0 Å². The molecule has 1 rings (SSSR count). The third-order valence-corrected chi connectivity index (χ3v) is 2.99. The summed E-state index contributed by atoms with van der Waals surface area (Å²) in [5, 5.41) is 9.43. The Hall–Kier alpha value is -1.02. The van der Waals surface area contributed by atoms with Crippen LogP contribution in [0.25, 0.3) is 0 Å². The van der Waals surface area contributed by atoms with Crippen LogP contribution < -0.4 is 4.74 Å². The summed E-state index contributed by atoms with van der Waals surface area (Å²) in [4.78, 5) is 0. The van der Waals surface area contributed by atoms with Crippen molar-refractivity contribution in [3.05, 3.63) is 28.8 Å². The number of methoxy groups -OCH3 is 1. The molecule has 2 heteroatoms. The van der Waals surface area contributed by atoms with E-state index in [0.717, 1.165) is 11.3 Å². The fourth-order valence-corrected chi connectivity index (χ4v) is 1.88. The fraction of sp³-hybridized carbons (Fsp3) is 0.538. The smallest absolute Gasteiger partial charge is 0.122 e. The molecule has 1 aromatic rings. The van der Waals surface area contributed by atoms with E-state index in [2.05, 4.69) is 13.8 Å². The van der Waals surface area contributed by atoms with E-state index in [-0.39, 0.29) is 12.0 Å². The molecule has 0 bridgehead atoms. The van der Waals surface area contributed by atoms with Crippen molar-refractivity contribution in [2.24, 2.45) is 0 Å². The molecule has 0 aliphatic carbocycles. The molecule has 0 heterocycles. The maximum absolute atomic E-state index is 9.43. The van der Waals surface area contributed by atoms with Gasteiger partial charge >= 0.3 is 0 Å². The molecule has 0 amide bonds. The minimum Gasteiger partial charge on any atom is -0.496 e. The van der Waals surface area contributed by atoms with Crippen molar-refractivity contribution in [3.8, 4) is 5.75 Å². The third kappa shape index (κ3) is 2.15. The summed E-state index contributed by atoms with van der Waals surface area (Å²) < 4.78 is 5.36. The Balaban J connectivity index is 3.42. The number of aryl methyl sites for hydroxylation is 1. The molecule has 0 aromatic heterocycles. The van der Waals surface area contributed by atoms with Crippen LogP contribution in [0, 0.1) is 13.8 Å². The van der Waals surface area contributed by atoms with Crippen LogP contribution in [0.15, 0.2) is 12.1 Å². The summed E-state index contributed by atoms with van der Waals surface area (Å²) >= 11 is 0. The second-order valence-electron chi connectivity index (χ2n) is 4.63. The molecule has 0 atom stereocenters. The molecular formula is C13H20O2. The quantitative estimate of drug-likeness (QED) is 0.827. The molecule has 2 nitrogen and oxygen atoms in total. The number of ether oxygens (including phenoxy) is 1. The standard InChI is InChI=1S/C13H20O2/c1-9-6-7-11(15-5)12(10(9)2)13(3,4)8-14/h6-7,14H,8H2,1-5H3. The van der Waals surface area contributed by atoms with Gasteiger partial charge in [0.1, 0.15) is 5.75 Å². The first kappa shape index (κ1) is 12.1. The molecule has 15 heavy (non-hydrogen) atoms. The number of hydrogen-bond acceptors (Lipinski definition) is 2. The lowest BCUT2D eigenvalue weighted by Crippen LogP contribution is -2.24. The number of hydrogen-bond donors (Lipinski definition) is 1. The fourth-order valence-electron chi connectivity index (χ4n) is 1.88. The molecule has 0 radical (unpaired) electrons. The van der Waals surface area contributed by atoms with E-state index in [4.69, 9.17) is 4.74 Å². The molecule has 0 aliphatic heterocycles. The highest BCUT2D eigenvalue weighted by Gasteiger charge is 2.26. The molecule has 1 aromatic carbocycles. The highest BCUT2D eigenvalue weighted by molar-refractivity contribution is 5.48. The van der Waals surface area contributed by atoms with Gasteiger partial charge in [-0.1, -0.05) is 19.9 Å². The number of aliphatic hydroxyl groups excluding tert-OH is 1. The van der Waals surface area contributed by atoms with Crippen LogP contribution in [0.2, 0.25) is 0 Å². The Morgan fingerprint density at radius 2 is 1.87 bits per heavy atom. The second-order valence-corrected chi connectivity index (χ2v) is 4.63. The lowest BCUT2D eigenvalue weighted by molar-refractivity contribution is 0.214. The van der Waals surface area contributed by atoms with E-state index in [1.165, 1.54) is 11.1 Å². The monoisotopic (exact) mass is 208 g/mol. The molecule has 0 saturated heterocycles.